The average Bonchev–Trinajstić information content (AvgIpc) is 3.46. The Morgan fingerprint density at radius 1 is 1.11 bits per heavy atom. The van der Waals surface area contributed by atoms with Crippen LogP contribution >= 0.6 is 0 Å². The van der Waals surface area contributed by atoms with Crippen molar-refractivity contribution in [3.8, 4) is 0 Å². The number of fused-ring (bicyclic) bond motifs is 1. The fraction of sp³-hybridized carbons (Fsp3) is 0.720. The molecule has 5 N–H and O–H groups in total. The first-order chi connectivity index (χ1) is 17.5. The van der Waals surface area contributed by atoms with Crippen molar-refractivity contribution in [3.63, 3.8) is 0 Å². The van der Waals surface area contributed by atoms with E-state index in [1.165, 1.54) is 0 Å². The van der Waals surface area contributed by atoms with Crippen LogP contribution in [0, 0.1) is 5.92 Å². The van der Waals surface area contributed by atoms with E-state index in [0.717, 1.165) is 44.2 Å². The zero-order valence-electron chi connectivity index (χ0n) is 21.4. The monoisotopic (exact) mass is 500 g/mol. The van der Waals surface area contributed by atoms with E-state index < -0.39 is 0 Å². The van der Waals surface area contributed by atoms with Gasteiger partial charge in [0.25, 0.3) is 0 Å². The molecule has 5 heterocycles. The Kier molecular flexibility index (Phi) is 6.69. The summed E-state index contributed by atoms with van der Waals surface area (Å²) in [6.45, 7) is 10.6. The SMILES string of the molecule is CCC1NC2C=CC=CC2N1C1NC2=C(NC(OC3CN(C(=O)C(C)C)C3)N2)C(N2CCOCC2)N1. The van der Waals surface area contributed by atoms with Crippen LogP contribution in [-0.2, 0) is 14.3 Å². The molecule has 3 fully saturated rings. The van der Waals surface area contributed by atoms with Crippen molar-refractivity contribution in [1.29, 1.82) is 0 Å². The molecule has 0 saturated carbocycles. The molecule has 1 aliphatic carbocycles. The van der Waals surface area contributed by atoms with Crippen LogP contribution in [0.15, 0.2) is 35.8 Å². The molecule has 5 aliphatic heterocycles. The van der Waals surface area contributed by atoms with Gasteiger partial charge in [-0.3, -0.25) is 20.3 Å². The molecule has 11 nitrogen and oxygen atoms in total. The molecule has 6 rings (SSSR count). The Labute approximate surface area is 213 Å². The van der Waals surface area contributed by atoms with Crippen molar-refractivity contribution in [2.75, 3.05) is 39.4 Å². The summed E-state index contributed by atoms with van der Waals surface area (Å²) in [7, 11) is 0. The van der Waals surface area contributed by atoms with Crippen LogP contribution in [0.1, 0.15) is 27.2 Å². The van der Waals surface area contributed by atoms with Crippen LogP contribution in [-0.4, -0.2) is 103 Å². The first-order valence-corrected chi connectivity index (χ1v) is 13.5. The quantitative estimate of drug-likeness (QED) is 0.317. The molecule has 0 aromatic carbocycles. The van der Waals surface area contributed by atoms with Crippen molar-refractivity contribution in [3.05, 3.63) is 35.8 Å². The molecule has 198 valence electrons. The second-order valence-corrected chi connectivity index (χ2v) is 10.7. The molecular formula is C25H40N8O3. The minimum Gasteiger partial charge on any atom is -0.379 e. The van der Waals surface area contributed by atoms with Crippen LogP contribution in [0.5, 0.6) is 0 Å². The molecule has 0 spiro atoms. The van der Waals surface area contributed by atoms with Gasteiger partial charge in [-0.25, -0.2) is 4.90 Å². The minimum atomic E-state index is -0.336. The first kappa shape index (κ1) is 24.2. The van der Waals surface area contributed by atoms with Gasteiger partial charge in [-0.1, -0.05) is 45.1 Å². The molecule has 3 saturated heterocycles. The maximum atomic E-state index is 12.2. The lowest BCUT2D eigenvalue weighted by Gasteiger charge is -2.45. The summed E-state index contributed by atoms with van der Waals surface area (Å²) in [5, 5.41) is 18.5. The van der Waals surface area contributed by atoms with Crippen LogP contribution in [0.4, 0.5) is 0 Å². The number of rotatable bonds is 6. The molecule has 11 heteroatoms. The lowest BCUT2D eigenvalue weighted by Crippen LogP contribution is -2.68. The van der Waals surface area contributed by atoms with Gasteiger partial charge in [0.1, 0.15) is 18.3 Å². The zero-order valence-corrected chi connectivity index (χ0v) is 21.4. The number of ether oxygens (including phenoxy) is 2. The predicted octanol–water partition coefficient (Wildman–Crippen LogP) is -0.845. The molecule has 6 unspecified atom stereocenters. The summed E-state index contributed by atoms with van der Waals surface area (Å²) >= 11 is 0. The molecule has 1 amide bonds. The van der Waals surface area contributed by atoms with Crippen LogP contribution in [0.3, 0.4) is 0 Å². The van der Waals surface area contributed by atoms with E-state index in [1.54, 1.807) is 0 Å². The van der Waals surface area contributed by atoms with Crippen molar-refractivity contribution >= 4 is 5.91 Å². The van der Waals surface area contributed by atoms with Crippen molar-refractivity contribution in [2.45, 2.75) is 70.4 Å². The van der Waals surface area contributed by atoms with E-state index in [1.807, 2.05) is 18.7 Å². The Hall–Kier alpha value is -2.15. The molecule has 0 bridgehead atoms. The van der Waals surface area contributed by atoms with Gasteiger partial charge in [0.05, 0.1) is 37.2 Å². The number of amides is 1. The van der Waals surface area contributed by atoms with Gasteiger partial charge in [0.15, 0.2) is 0 Å². The van der Waals surface area contributed by atoms with Crippen LogP contribution < -0.4 is 26.6 Å². The molecular weight excluding hydrogens is 460 g/mol. The summed E-state index contributed by atoms with van der Waals surface area (Å²) in [5.74, 6) is 1.18. The fourth-order valence-corrected chi connectivity index (χ4v) is 6.05. The van der Waals surface area contributed by atoms with Gasteiger partial charge < -0.3 is 30.3 Å². The average molecular weight is 501 g/mol. The summed E-state index contributed by atoms with van der Waals surface area (Å²) in [6, 6.07) is 0.583. The highest BCUT2D eigenvalue weighted by molar-refractivity contribution is 5.79. The minimum absolute atomic E-state index is 0.0105. The number of hydrogen-bond donors (Lipinski definition) is 5. The van der Waals surface area contributed by atoms with Gasteiger partial charge in [0, 0.05) is 38.1 Å². The number of carbonyl (C=O) groups is 1. The van der Waals surface area contributed by atoms with Gasteiger partial charge in [-0.15, -0.1) is 0 Å². The Morgan fingerprint density at radius 2 is 1.89 bits per heavy atom. The largest absolute Gasteiger partial charge is 0.379 e. The van der Waals surface area contributed by atoms with Crippen molar-refractivity contribution in [2.24, 2.45) is 5.92 Å². The van der Waals surface area contributed by atoms with Crippen molar-refractivity contribution in [1.82, 2.24) is 41.3 Å². The van der Waals surface area contributed by atoms with E-state index in [9.17, 15) is 4.79 Å². The van der Waals surface area contributed by atoms with Gasteiger partial charge in [0.2, 0.25) is 12.3 Å². The second kappa shape index (κ2) is 9.96. The number of nitrogens with zero attached hydrogens (tertiary/aromatic N) is 3. The van der Waals surface area contributed by atoms with E-state index in [0.29, 0.717) is 19.1 Å². The van der Waals surface area contributed by atoms with Crippen molar-refractivity contribution < 1.29 is 14.3 Å². The molecule has 0 aromatic heterocycles. The third-order valence-corrected chi connectivity index (χ3v) is 7.97. The third kappa shape index (κ3) is 4.42. The number of hydrogen-bond acceptors (Lipinski definition) is 10. The number of morpholine rings is 1. The van der Waals surface area contributed by atoms with E-state index in [4.69, 9.17) is 9.47 Å². The number of likely N-dealkylation sites (tertiary alicyclic amines) is 1. The highest BCUT2D eigenvalue weighted by Crippen LogP contribution is 2.29. The van der Waals surface area contributed by atoms with Gasteiger partial charge in [-0.2, -0.15) is 0 Å². The Bertz CT molecular complexity index is 926. The summed E-state index contributed by atoms with van der Waals surface area (Å²) in [5.41, 5.74) is 1.07. The second-order valence-electron chi connectivity index (χ2n) is 10.7. The fourth-order valence-electron chi connectivity index (χ4n) is 6.05. The molecule has 36 heavy (non-hydrogen) atoms. The smallest absolute Gasteiger partial charge is 0.225 e. The summed E-state index contributed by atoms with van der Waals surface area (Å²) < 4.78 is 12.0. The summed E-state index contributed by atoms with van der Waals surface area (Å²) in [6.07, 6.45) is 9.72. The van der Waals surface area contributed by atoms with E-state index >= 15 is 0 Å². The van der Waals surface area contributed by atoms with E-state index in [2.05, 4.69) is 67.6 Å². The first-order valence-electron chi connectivity index (χ1n) is 13.5. The van der Waals surface area contributed by atoms with E-state index in [-0.39, 0.29) is 48.9 Å². The standard InChI is InChI=1S/C25H40N8O3/c1-4-19-26-17-7-5-6-8-18(17)33(19)24-28-21-20(22(30-24)31-9-11-35-12-10-31)27-25(29-21)36-16-13-32(14-16)23(34)15(2)3/h5-8,15-19,22,24-30H,4,9-14H2,1-3H3. The lowest BCUT2D eigenvalue weighted by atomic mass is 10.0. The lowest BCUT2D eigenvalue weighted by molar-refractivity contribution is -0.155. The zero-order chi connectivity index (χ0) is 24.8. The molecule has 0 aromatic rings. The Balaban J connectivity index is 1.16. The predicted molar refractivity (Wildman–Crippen MR) is 135 cm³/mol. The topological polar surface area (TPSA) is 105 Å². The molecule has 6 aliphatic rings. The maximum Gasteiger partial charge on any atom is 0.225 e. The summed E-state index contributed by atoms with van der Waals surface area (Å²) in [4.78, 5) is 19.0. The van der Waals surface area contributed by atoms with Gasteiger partial charge >= 0.3 is 0 Å². The highest BCUT2D eigenvalue weighted by atomic mass is 16.5. The number of carbonyl (C=O) groups excluding carboxylic acids is 1. The third-order valence-electron chi connectivity index (χ3n) is 7.97. The molecule has 0 radical (unpaired) electrons. The number of nitrogens with one attached hydrogen (secondary N) is 5. The highest BCUT2D eigenvalue weighted by Gasteiger charge is 2.47. The van der Waals surface area contributed by atoms with Crippen LogP contribution in [0.25, 0.3) is 0 Å². The van der Waals surface area contributed by atoms with Gasteiger partial charge in [-0.05, 0) is 6.42 Å². The van der Waals surface area contributed by atoms with Crippen LogP contribution in [0.2, 0.25) is 0 Å². The Morgan fingerprint density at radius 3 is 2.64 bits per heavy atom. The molecule has 6 atom stereocenters. The normalized spacial score (nSPS) is 36.8. The number of allylic oxidation sites excluding steroid dienone is 2. The maximum absolute atomic E-state index is 12.2.